The van der Waals surface area contributed by atoms with E-state index >= 15 is 0 Å². The van der Waals surface area contributed by atoms with Crippen molar-refractivity contribution in [2.45, 2.75) is 0 Å². The van der Waals surface area contributed by atoms with Crippen LogP contribution in [0, 0.1) is 28.5 Å². The van der Waals surface area contributed by atoms with Gasteiger partial charge in [0, 0.05) is 5.69 Å². The fourth-order valence-electron chi connectivity index (χ4n) is 1.82. The number of rotatable bonds is 5. The Morgan fingerprint density at radius 2 is 1.96 bits per heavy atom. The third-order valence-electron chi connectivity index (χ3n) is 2.87. The van der Waals surface area contributed by atoms with Gasteiger partial charge in [0.2, 0.25) is 0 Å². The Morgan fingerprint density at radius 3 is 2.57 bits per heavy atom. The van der Waals surface area contributed by atoms with E-state index in [1.807, 2.05) is 12.1 Å². The Balaban J connectivity index is 2.34. The highest BCUT2D eigenvalue weighted by Gasteiger charge is 2.15. The summed E-state index contributed by atoms with van der Waals surface area (Å²) in [7, 11) is 0. The molecule has 23 heavy (non-hydrogen) atoms. The van der Waals surface area contributed by atoms with E-state index in [9.17, 15) is 4.39 Å². The molecule has 0 amide bonds. The number of nitrogens with two attached hydrogens (primary N) is 1. The molecule has 2 aromatic rings. The maximum absolute atomic E-state index is 13.2. The molecule has 7 nitrogen and oxygen atoms in total. The summed E-state index contributed by atoms with van der Waals surface area (Å²) in [5.41, 5.74) is 6.66. The maximum atomic E-state index is 13.2. The molecule has 0 atom stereocenters. The summed E-state index contributed by atoms with van der Waals surface area (Å²) in [6.45, 7) is -0.0901. The van der Waals surface area contributed by atoms with E-state index in [1.54, 1.807) is 0 Å². The first-order valence-corrected chi connectivity index (χ1v) is 6.76. The zero-order valence-corrected chi connectivity index (χ0v) is 12.5. The second-order valence-corrected chi connectivity index (χ2v) is 4.79. The number of nitrogen functional groups attached to an aromatic ring is 1. The number of hydrogen-bond acceptors (Lipinski definition) is 7. The Hall–Kier alpha value is -3.10. The highest BCUT2D eigenvalue weighted by Crippen LogP contribution is 2.29. The normalized spacial score (nSPS) is 9.74. The molecule has 1 heterocycles. The highest BCUT2D eigenvalue weighted by molar-refractivity contribution is 6.31. The average molecular weight is 332 g/mol. The van der Waals surface area contributed by atoms with Gasteiger partial charge >= 0.3 is 0 Å². The van der Waals surface area contributed by atoms with Crippen molar-refractivity contribution in [2.24, 2.45) is 0 Å². The number of anilines is 4. The third-order valence-corrected chi connectivity index (χ3v) is 3.16. The van der Waals surface area contributed by atoms with E-state index < -0.39 is 5.82 Å². The number of nitriles is 2. The summed E-state index contributed by atoms with van der Waals surface area (Å²) in [6, 6.07) is 7.96. The molecule has 0 fully saturated rings. The lowest BCUT2D eigenvalue weighted by molar-refractivity contribution is 0.628. The molecule has 0 saturated carbocycles. The minimum absolute atomic E-state index is 0.0431. The van der Waals surface area contributed by atoms with Crippen molar-refractivity contribution in [3.63, 3.8) is 0 Å². The quantitative estimate of drug-likeness (QED) is 0.808. The smallest absolute Gasteiger partial charge is 0.159 e. The van der Waals surface area contributed by atoms with Gasteiger partial charge in [-0.3, -0.25) is 0 Å². The first-order valence-electron chi connectivity index (χ1n) is 6.38. The van der Waals surface area contributed by atoms with Crippen LogP contribution in [-0.2, 0) is 0 Å². The summed E-state index contributed by atoms with van der Waals surface area (Å²) in [5, 5.41) is 20.5. The Kier molecular flexibility index (Phi) is 5.13. The van der Waals surface area contributed by atoms with Crippen LogP contribution in [0.4, 0.5) is 27.4 Å². The molecule has 1 aromatic carbocycles. The van der Waals surface area contributed by atoms with Gasteiger partial charge in [-0.05, 0) is 18.2 Å². The molecule has 0 aliphatic carbocycles. The van der Waals surface area contributed by atoms with Crippen molar-refractivity contribution in [1.82, 2.24) is 9.97 Å². The number of nitrogens with one attached hydrogen (secondary N) is 1. The molecule has 2 rings (SSSR count). The predicted octanol–water partition coefficient (Wildman–Crippen LogP) is 2.45. The van der Waals surface area contributed by atoms with E-state index in [2.05, 4.69) is 15.3 Å². The molecule has 0 bridgehead atoms. The van der Waals surface area contributed by atoms with Crippen molar-refractivity contribution in [3.05, 3.63) is 35.4 Å². The van der Waals surface area contributed by atoms with Crippen LogP contribution in [0.3, 0.4) is 0 Å². The van der Waals surface area contributed by atoms with Crippen LogP contribution in [0.25, 0.3) is 0 Å². The molecule has 116 valence electrons. The molecule has 0 radical (unpaired) electrons. The minimum Gasteiger partial charge on any atom is -0.393 e. The lowest BCUT2D eigenvalue weighted by Gasteiger charge is -2.20. The number of aromatic nitrogens is 2. The monoisotopic (exact) mass is 331 g/mol. The van der Waals surface area contributed by atoms with Gasteiger partial charge in [0.1, 0.15) is 30.9 Å². The van der Waals surface area contributed by atoms with E-state index in [1.165, 1.54) is 29.4 Å². The van der Waals surface area contributed by atoms with Crippen molar-refractivity contribution < 1.29 is 4.39 Å². The molecular formula is C14H11ClFN7. The summed E-state index contributed by atoms with van der Waals surface area (Å²) in [4.78, 5) is 9.44. The largest absolute Gasteiger partial charge is 0.393 e. The van der Waals surface area contributed by atoms with E-state index in [-0.39, 0.29) is 35.4 Å². The summed E-state index contributed by atoms with van der Waals surface area (Å²) in [5.74, 6) is -0.0138. The van der Waals surface area contributed by atoms with Gasteiger partial charge in [-0.15, -0.1) is 0 Å². The van der Waals surface area contributed by atoms with Gasteiger partial charge in [-0.25, -0.2) is 14.4 Å². The van der Waals surface area contributed by atoms with Crippen molar-refractivity contribution in [2.75, 3.05) is 29.0 Å². The fraction of sp³-hybridized carbons (Fsp3) is 0.143. The van der Waals surface area contributed by atoms with Gasteiger partial charge < -0.3 is 16.0 Å². The molecule has 1 aromatic heterocycles. The van der Waals surface area contributed by atoms with Crippen LogP contribution in [0.2, 0.25) is 5.02 Å². The zero-order valence-electron chi connectivity index (χ0n) is 11.8. The van der Waals surface area contributed by atoms with Crippen LogP contribution in [0.15, 0.2) is 24.5 Å². The fourth-order valence-corrected chi connectivity index (χ4v) is 2.01. The molecule has 0 spiro atoms. The standard InChI is InChI=1S/C14H11ClFN7/c15-10-7-9(1-2-11(10)16)22-13-12(19)14(21-8-20-13)23(5-3-17)6-4-18/h1-2,7-8H,5-6,19H2,(H,20,21,22). The minimum atomic E-state index is -0.539. The average Bonchev–Trinajstić information content (AvgIpc) is 2.53. The lowest BCUT2D eigenvalue weighted by Crippen LogP contribution is -2.26. The zero-order chi connectivity index (χ0) is 16.8. The SMILES string of the molecule is N#CCN(CC#N)c1ncnc(Nc2ccc(F)c(Cl)c2)c1N. The third kappa shape index (κ3) is 3.76. The van der Waals surface area contributed by atoms with Crippen LogP contribution >= 0.6 is 11.6 Å². The Bertz CT molecular complexity index is 781. The van der Waals surface area contributed by atoms with Crippen molar-refractivity contribution in [3.8, 4) is 12.1 Å². The number of benzene rings is 1. The molecular weight excluding hydrogens is 321 g/mol. The molecule has 9 heteroatoms. The van der Waals surface area contributed by atoms with Crippen LogP contribution in [0.5, 0.6) is 0 Å². The summed E-state index contributed by atoms with van der Waals surface area (Å²) >= 11 is 5.72. The van der Waals surface area contributed by atoms with Crippen LogP contribution in [-0.4, -0.2) is 23.1 Å². The molecule has 0 aliphatic rings. The van der Waals surface area contributed by atoms with Gasteiger partial charge in [-0.1, -0.05) is 11.6 Å². The molecule has 3 N–H and O–H groups in total. The van der Waals surface area contributed by atoms with Crippen molar-refractivity contribution in [1.29, 1.82) is 10.5 Å². The lowest BCUT2D eigenvalue weighted by atomic mass is 10.3. The Morgan fingerprint density at radius 1 is 1.26 bits per heavy atom. The van der Waals surface area contributed by atoms with Crippen LogP contribution in [0.1, 0.15) is 0 Å². The summed E-state index contributed by atoms with van der Waals surface area (Å²) in [6.07, 6.45) is 1.25. The predicted molar refractivity (Wildman–Crippen MR) is 84.6 cm³/mol. The topological polar surface area (TPSA) is 115 Å². The van der Waals surface area contributed by atoms with Crippen LogP contribution < -0.4 is 16.0 Å². The Labute approximate surface area is 136 Å². The first kappa shape index (κ1) is 16.3. The maximum Gasteiger partial charge on any atom is 0.159 e. The van der Waals surface area contributed by atoms with E-state index in [0.29, 0.717) is 5.69 Å². The van der Waals surface area contributed by atoms with E-state index in [4.69, 9.17) is 27.9 Å². The second kappa shape index (κ2) is 7.25. The van der Waals surface area contributed by atoms with Gasteiger partial charge in [0.15, 0.2) is 11.6 Å². The van der Waals surface area contributed by atoms with Gasteiger partial charge in [-0.2, -0.15) is 10.5 Å². The van der Waals surface area contributed by atoms with E-state index in [0.717, 1.165) is 0 Å². The molecule has 0 unspecified atom stereocenters. The number of nitrogens with zero attached hydrogens (tertiary/aromatic N) is 5. The van der Waals surface area contributed by atoms with Gasteiger partial charge in [0.25, 0.3) is 0 Å². The first-order chi connectivity index (χ1) is 11.1. The van der Waals surface area contributed by atoms with Crippen molar-refractivity contribution >= 4 is 34.6 Å². The van der Waals surface area contributed by atoms with Gasteiger partial charge in [0.05, 0.1) is 17.2 Å². The number of halogens is 2. The molecule has 0 saturated heterocycles. The second-order valence-electron chi connectivity index (χ2n) is 4.39. The molecule has 0 aliphatic heterocycles. The number of hydrogen-bond donors (Lipinski definition) is 2. The summed E-state index contributed by atoms with van der Waals surface area (Å²) < 4.78 is 13.2. The highest BCUT2D eigenvalue weighted by atomic mass is 35.5.